The van der Waals surface area contributed by atoms with E-state index in [9.17, 15) is 0 Å². The van der Waals surface area contributed by atoms with Crippen LogP contribution in [0.5, 0.6) is 5.75 Å². The Hall–Kier alpha value is -1.32. The third kappa shape index (κ3) is 3.05. The first-order valence-corrected chi connectivity index (χ1v) is 7.71. The Morgan fingerprint density at radius 2 is 2.00 bits per heavy atom. The minimum Gasteiger partial charge on any atom is -0.490 e. The van der Waals surface area contributed by atoms with E-state index in [0.717, 1.165) is 21.3 Å². The molecule has 3 rings (SSSR count). The lowest BCUT2D eigenvalue weighted by molar-refractivity contribution is 0.303. The second kappa shape index (κ2) is 5.58. The molecular formula is C17H18BrNO. The summed E-state index contributed by atoms with van der Waals surface area (Å²) in [7, 11) is 0. The lowest BCUT2D eigenvalue weighted by Gasteiger charge is -2.16. The molecule has 2 aromatic rings. The summed E-state index contributed by atoms with van der Waals surface area (Å²) < 4.78 is 6.89. The highest BCUT2D eigenvalue weighted by molar-refractivity contribution is 9.10. The second-order valence-corrected chi connectivity index (χ2v) is 6.25. The zero-order chi connectivity index (χ0) is 14.1. The lowest BCUT2D eigenvalue weighted by Crippen LogP contribution is -2.12. The average Bonchev–Trinajstić information content (AvgIpc) is 3.22. The van der Waals surface area contributed by atoms with Gasteiger partial charge in [0.2, 0.25) is 0 Å². The third-order valence-electron chi connectivity index (χ3n) is 3.54. The van der Waals surface area contributed by atoms with Crippen molar-refractivity contribution in [3.05, 3.63) is 63.6 Å². The summed E-state index contributed by atoms with van der Waals surface area (Å²) in [6, 6.07) is 14.2. The van der Waals surface area contributed by atoms with Gasteiger partial charge in [-0.3, -0.25) is 0 Å². The van der Waals surface area contributed by atoms with Gasteiger partial charge in [-0.15, -0.1) is 0 Å². The number of benzene rings is 2. The number of hydrogen-bond acceptors (Lipinski definition) is 2. The van der Waals surface area contributed by atoms with Crippen LogP contribution in [-0.4, -0.2) is 6.10 Å². The Bertz CT molecular complexity index is 622. The van der Waals surface area contributed by atoms with Crippen molar-refractivity contribution in [3.8, 4) is 5.75 Å². The molecule has 2 nitrogen and oxygen atoms in total. The number of rotatable bonds is 4. The Morgan fingerprint density at radius 1 is 1.20 bits per heavy atom. The molecule has 104 valence electrons. The molecule has 0 radical (unpaired) electrons. The number of ether oxygens (including phenoxy) is 1. The topological polar surface area (TPSA) is 35.2 Å². The van der Waals surface area contributed by atoms with Gasteiger partial charge in [-0.2, -0.15) is 0 Å². The molecule has 0 saturated heterocycles. The highest BCUT2D eigenvalue weighted by Crippen LogP contribution is 2.31. The van der Waals surface area contributed by atoms with Gasteiger partial charge >= 0.3 is 0 Å². The van der Waals surface area contributed by atoms with Crippen LogP contribution in [0.3, 0.4) is 0 Å². The monoisotopic (exact) mass is 331 g/mol. The second-order valence-electron chi connectivity index (χ2n) is 5.39. The quantitative estimate of drug-likeness (QED) is 0.904. The summed E-state index contributed by atoms with van der Waals surface area (Å²) in [6.07, 6.45) is 2.74. The van der Waals surface area contributed by atoms with Gasteiger partial charge in [0.1, 0.15) is 5.75 Å². The maximum Gasteiger partial charge on any atom is 0.120 e. The SMILES string of the molecule is Cc1ccc(C(N)c2cccc(OC3CC3)c2)c(Br)c1. The summed E-state index contributed by atoms with van der Waals surface area (Å²) in [5, 5.41) is 0. The molecule has 1 atom stereocenters. The van der Waals surface area contributed by atoms with Crippen LogP contribution in [0.15, 0.2) is 46.9 Å². The predicted molar refractivity (Wildman–Crippen MR) is 85.0 cm³/mol. The molecule has 3 heteroatoms. The van der Waals surface area contributed by atoms with Crippen LogP contribution < -0.4 is 10.5 Å². The van der Waals surface area contributed by atoms with Crippen LogP contribution in [-0.2, 0) is 0 Å². The molecule has 0 bridgehead atoms. The van der Waals surface area contributed by atoms with Crippen LogP contribution in [0.2, 0.25) is 0 Å². The van der Waals surface area contributed by atoms with Crippen LogP contribution in [0, 0.1) is 6.92 Å². The van der Waals surface area contributed by atoms with E-state index in [-0.39, 0.29) is 6.04 Å². The molecule has 1 aliphatic carbocycles. The van der Waals surface area contributed by atoms with Crippen LogP contribution >= 0.6 is 15.9 Å². The molecule has 1 unspecified atom stereocenters. The first-order valence-electron chi connectivity index (χ1n) is 6.92. The fraction of sp³-hybridized carbons (Fsp3) is 0.294. The highest BCUT2D eigenvalue weighted by Gasteiger charge is 2.23. The Balaban J connectivity index is 1.86. The van der Waals surface area contributed by atoms with E-state index in [1.54, 1.807) is 0 Å². The molecule has 1 fully saturated rings. The van der Waals surface area contributed by atoms with Crippen LogP contribution in [0.25, 0.3) is 0 Å². The Morgan fingerprint density at radius 3 is 2.70 bits per heavy atom. The minimum atomic E-state index is -0.146. The van der Waals surface area contributed by atoms with E-state index in [4.69, 9.17) is 10.5 Å². The summed E-state index contributed by atoms with van der Waals surface area (Å²) in [6.45, 7) is 2.07. The van der Waals surface area contributed by atoms with Gasteiger partial charge in [0.15, 0.2) is 0 Å². The standard InChI is InChI=1S/C17H18BrNO/c1-11-5-8-15(16(18)9-11)17(19)12-3-2-4-14(10-12)20-13-6-7-13/h2-5,8-10,13,17H,6-7,19H2,1H3. The van der Waals surface area contributed by atoms with E-state index in [0.29, 0.717) is 6.10 Å². The van der Waals surface area contributed by atoms with Crippen molar-refractivity contribution < 1.29 is 4.74 Å². The fourth-order valence-electron chi connectivity index (χ4n) is 2.22. The van der Waals surface area contributed by atoms with Gasteiger partial charge in [0.05, 0.1) is 12.1 Å². The Kier molecular flexibility index (Phi) is 3.81. The fourth-order valence-corrected chi connectivity index (χ4v) is 2.96. The van der Waals surface area contributed by atoms with Gasteiger partial charge < -0.3 is 10.5 Å². The first kappa shape index (κ1) is 13.7. The minimum absolute atomic E-state index is 0.146. The van der Waals surface area contributed by atoms with E-state index < -0.39 is 0 Å². The van der Waals surface area contributed by atoms with E-state index in [1.165, 1.54) is 18.4 Å². The maximum absolute atomic E-state index is 6.40. The van der Waals surface area contributed by atoms with Gasteiger partial charge in [-0.1, -0.05) is 40.2 Å². The number of halogens is 1. The van der Waals surface area contributed by atoms with Crippen LogP contribution in [0.1, 0.15) is 35.6 Å². The van der Waals surface area contributed by atoms with Gasteiger partial charge in [-0.25, -0.2) is 0 Å². The van der Waals surface area contributed by atoms with Gasteiger partial charge in [-0.05, 0) is 54.7 Å². The van der Waals surface area contributed by atoms with Crippen molar-refractivity contribution in [2.45, 2.75) is 31.9 Å². The summed E-state index contributed by atoms with van der Waals surface area (Å²) in [5.41, 5.74) is 9.79. The van der Waals surface area contributed by atoms with Crippen LogP contribution in [0.4, 0.5) is 0 Å². The highest BCUT2D eigenvalue weighted by atomic mass is 79.9. The van der Waals surface area contributed by atoms with Crippen molar-refractivity contribution in [3.63, 3.8) is 0 Å². The van der Waals surface area contributed by atoms with Crippen molar-refractivity contribution in [2.75, 3.05) is 0 Å². The number of nitrogens with two attached hydrogens (primary N) is 1. The molecule has 0 heterocycles. The van der Waals surface area contributed by atoms with E-state index in [1.807, 2.05) is 12.1 Å². The number of hydrogen-bond donors (Lipinski definition) is 1. The molecule has 1 saturated carbocycles. The summed E-state index contributed by atoms with van der Waals surface area (Å²) in [4.78, 5) is 0. The third-order valence-corrected chi connectivity index (χ3v) is 4.22. The molecule has 2 aromatic carbocycles. The first-order chi connectivity index (χ1) is 9.63. The molecule has 2 N–H and O–H groups in total. The zero-order valence-corrected chi connectivity index (χ0v) is 13.1. The Labute approximate surface area is 128 Å². The molecule has 0 aromatic heterocycles. The smallest absolute Gasteiger partial charge is 0.120 e. The molecule has 1 aliphatic rings. The molecule has 20 heavy (non-hydrogen) atoms. The largest absolute Gasteiger partial charge is 0.490 e. The number of aryl methyl sites for hydroxylation is 1. The van der Waals surface area contributed by atoms with Crippen molar-refractivity contribution >= 4 is 15.9 Å². The molecule has 0 spiro atoms. The lowest BCUT2D eigenvalue weighted by atomic mass is 9.98. The molecular weight excluding hydrogens is 314 g/mol. The average molecular weight is 332 g/mol. The molecule has 0 aliphatic heterocycles. The van der Waals surface area contributed by atoms with E-state index >= 15 is 0 Å². The summed E-state index contributed by atoms with van der Waals surface area (Å²) in [5.74, 6) is 0.920. The normalized spacial score (nSPS) is 15.9. The predicted octanol–water partition coefficient (Wildman–Crippen LogP) is 4.35. The maximum atomic E-state index is 6.40. The van der Waals surface area contributed by atoms with Crippen molar-refractivity contribution in [2.24, 2.45) is 5.73 Å². The van der Waals surface area contributed by atoms with Crippen molar-refractivity contribution in [1.82, 2.24) is 0 Å². The summed E-state index contributed by atoms with van der Waals surface area (Å²) >= 11 is 3.60. The van der Waals surface area contributed by atoms with Gasteiger partial charge in [0, 0.05) is 4.47 Å². The zero-order valence-electron chi connectivity index (χ0n) is 11.5. The van der Waals surface area contributed by atoms with Crippen molar-refractivity contribution in [1.29, 1.82) is 0 Å². The van der Waals surface area contributed by atoms with Gasteiger partial charge in [0.25, 0.3) is 0 Å². The van der Waals surface area contributed by atoms with E-state index in [2.05, 4.69) is 53.2 Å². The molecule has 0 amide bonds.